The molecular formula is C25H26F3N3. The van der Waals surface area contributed by atoms with E-state index in [2.05, 4.69) is 47.3 Å². The molecule has 3 nitrogen and oxygen atoms in total. The van der Waals surface area contributed by atoms with Gasteiger partial charge in [-0.05, 0) is 35.3 Å². The van der Waals surface area contributed by atoms with E-state index in [1.807, 2.05) is 30.4 Å². The maximum absolute atomic E-state index is 12.8. The fourth-order valence-corrected chi connectivity index (χ4v) is 3.51. The van der Waals surface area contributed by atoms with Crippen LogP contribution in [-0.4, -0.2) is 12.0 Å². The van der Waals surface area contributed by atoms with Crippen molar-refractivity contribution in [2.24, 2.45) is 4.99 Å². The van der Waals surface area contributed by atoms with Gasteiger partial charge in [-0.3, -0.25) is 0 Å². The molecule has 0 bridgehead atoms. The lowest BCUT2D eigenvalue weighted by Crippen LogP contribution is -2.30. The van der Waals surface area contributed by atoms with Crippen LogP contribution in [0.15, 0.2) is 96.0 Å². The molecule has 2 N–H and O–H groups in total. The second kappa shape index (κ2) is 10.2. The summed E-state index contributed by atoms with van der Waals surface area (Å²) in [5.74, 6) is 0.630. The minimum absolute atomic E-state index is 0.00381. The van der Waals surface area contributed by atoms with Gasteiger partial charge in [-0.15, -0.1) is 0 Å². The van der Waals surface area contributed by atoms with Crippen LogP contribution in [0, 0.1) is 0 Å². The predicted molar refractivity (Wildman–Crippen MR) is 120 cm³/mol. The van der Waals surface area contributed by atoms with Crippen LogP contribution in [0.4, 0.5) is 13.2 Å². The van der Waals surface area contributed by atoms with Gasteiger partial charge >= 0.3 is 6.18 Å². The first-order chi connectivity index (χ1) is 14.9. The second-order valence-electron chi connectivity index (χ2n) is 7.23. The van der Waals surface area contributed by atoms with Gasteiger partial charge in [0.15, 0.2) is 5.96 Å². The molecule has 1 saturated heterocycles. The van der Waals surface area contributed by atoms with Crippen LogP contribution in [0.25, 0.3) is 0 Å². The van der Waals surface area contributed by atoms with Gasteiger partial charge in [0.25, 0.3) is 0 Å². The maximum atomic E-state index is 12.8. The van der Waals surface area contributed by atoms with Gasteiger partial charge < -0.3 is 10.6 Å². The van der Waals surface area contributed by atoms with Crippen LogP contribution < -0.4 is 10.6 Å². The molecule has 1 unspecified atom stereocenters. The smallest absolute Gasteiger partial charge is 0.347 e. The van der Waals surface area contributed by atoms with Crippen LogP contribution in [0.5, 0.6) is 0 Å². The largest absolute Gasteiger partial charge is 0.416 e. The molecule has 1 heterocycles. The Kier molecular flexibility index (Phi) is 7.34. The van der Waals surface area contributed by atoms with E-state index in [1.54, 1.807) is 6.08 Å². The van der Waals surface area contributed by atoms with Crippen molar-refractivity contribution in [1.82, 2.24) is 10.6 Å². The molecule has 162 valence electrons. The first-order valence-corrected chi connectivity index (χ1v) is 10.2. The third-order valence-electron chi connectivity index (χ3n) is 5.14. The summed E-state index contributed by atoms with van der Waals surface area (Å²) in [4.78, 5) is 4.58. The van der Waals surface area contributed by atoms with Crippen molar-refractivity contribution < 1.29 is 13.2 Å². The highest BCUT2D eigenvalue weighted by Gasteiger charge is 2.33. The van der Waals surface area contributed by atoms with Crippen LogP contribution in [0.2, 0.25) is 0 Å². The Hall–Kier alpha value is -3.28. The van der Waals surface area contributed by atoms with Crippen molar-refractivity contribution in [2.75, 3.05) is 0 Å². The number of nitrogens with zero attached hydrogens (tertiary/aromatic N) is 1. The SMILES string of the molecule is C=C/C=C\C=C(/CC)[C@H]1NC(=NCc2ccc(C(F)(F)F)cc2)NC1c1ccccc1. The lowest BCUT2D eigenvalue weighted by molar-refractivity contribution is -0.137. The summed E-state index contributed by atoms with van der Waals surface area (Å²) in [6, 6.07) is 15.2. The van der Waals surface area contributed by atoms with Gasteiger partial charge in [0.05, 0.1) is 24.2 Å². The quantitative estimate of drug-likeness (QED) is 0.539. The number of guanidine groups is 1. The highest BCUT2D eigenvalue weighted by atomic mass is 19.4. The van der Waals surface area contributed by atoms with Gasteiger partial charge in [-0.2, -0.15) is 13.2 Å². The van der Waals surface area contributed by atoms with Crippen LogP contribution >= 0.6 is 0 Å². The Morgan fingerprint density at radius 3 is 2.35 bits per heavy atom. The summed E-state index contributed by atoms with van der Waals surface area (Å²) in [6.45, 7) is 6.09. The fourth-order valence-electron chi connectivity index (χ4n) is 3.51. The summed E-state index contributed by atoms with van der Waals surface area (Å²) in [7, 11) is 0. The Balaban J connectivity index is 1.81. The first-order valence-electron chi connectivity index (χ1n) is 10.2. The highest BCUT2D eigenvalue weighted by molar-refractivity contribution is 5.84. The zero-order valence-electron chi connectivity index (χ0n) is 17.4. The topological polar surface area (TPSA) is 36.4 Å². The number of allylic oxidation sites excluding steroid dienone is 4. The molecule has 1 aliphatic heterocycles. The van der Waals surface area contributed by atoms with E-state index in [4.69, 9.17) is 0 Å². The number of aliphatic imine (C=N–C) groups is 1. The third-order valence-corrected chi connectivity index (χ3v) is 5.14. The molecule has 0 saturated carbocycles. The predicted octanol–water partition coefficient (Wildman–Crippen LogP) is 5.94. The molecule has 2 aromatic carbocycles. The van der Waals surface area contributed by atoms with Crippen LogP contribution in [0.3, 0.4) is 0 Å². The zero-order valence-corrected chi connectivity index (χ0v) is 17.4. The van der Waals surface area contributed by atoms with E-state index in [-0.39, 0.29) is 18.6 Å². The molecule has 6 heteroatoms. The Morgan fingerprint density at radius 2 is 1.74 bits per heavy atom. The molecule has 0 amide bonds. The number of benzene rings is 2. The number of rotatable bonds is 7. The molecule has 0 aliphatic carbocycles. The minimum atomic E-state index is -4.34. The summed E-state index contributed by atoms with van der Waals surface area (Å²) in [5, 5.41) is 6.90. The summed E-state index contributed by atoms with van der Waals surface area (Å²) in [5.41, 5.74) is 2.39. The normalized spacial score (nSPS) is 20.6. The summed E-state index contributed by atoms with van der Waals surface area (Å²) >= 11 is 0. The van der Waals surface area contributed by atoms with E-state index in [9.17, 15) is 13.2 Å². The summed E-state index contributed by atoms with van der Waals surface area (Å²) < 4.78 is 38.3. The Morgan fingerprint density at radius 1 is 1.03 bits per heavy atom. The molecule has 1 fully saturated rings. The minimum Gasteiger partial charge on any atom is -0.347 e. The van der Waals surface area contributed by atoms with Gasteiger partial charge in [0.1, 0.15) is 0 Å². The molecule has 2 aromatic rings. The van der Waals surface area contributed by atoms with Crippen molar-refractivity contribution >= 4 is 5.96 Å². The number of halogens is 3. The lowest BCUT2D eigenvalue weighted by atomic mass is 9.93. The molecule has 3 rings (SSSR count). The van der Waals surface area contributed by atoms with Gasteiger partial charge in [-0.25, -0.2) is 4.99 Å². The average Bonchev–Trinajstić information content (AvgIpc) is 3.20. The Labute approximate surface area is 181 Å². The van der Waals surface area contributed by atoms with Crippen molar-refractivity contribution in [2.45, 2.75) is 38.1 Å². The molecule has 1 aliphatic rings. The van der Waals surface area contributed by atoms with E-state index < -0.39 is 11.7 Å². The monoisotopic (exact) mass is 425 g/mol. The van der Waals surface area contributed by atoms with E-state index in [1.165, 1.54) is 17.7 Å². The van der Waals surface area contributed by atoms with Gasteiger partial charge in [0.2, 0.25) is 0 Å². The van der Waals surface area contributed by atoms with Crippen molar-refractivity contribution in [3.63, 3.8) is 0 Å². The van der Waals surface area contributed by atoms with Crippen LogP contribution in [0.1, 0.15) is 36.1 Å². The number of alkyl halides is 3. The molecular weight excluding hydrogens is 399 g/mol. The van der Waals surface area contributed by atoms with Crippen LogP contribution in [-0.2, 0) is 12.7 Å². The van der Waals surface area contributed by atoms with Crippen molar-refractivity contribution in [3.8, 4) is 0 Å². The number of hydrogen-bond acceptors (Lipinski definition) is 1. The fraction of sp³-hybridized carbons (Fsp3) is 0.240. The third kappa shape index (κ3) is 5.87. The van der Waals surface area contributed by atoms with E-state index in [0.29, 0.717) is 11.5 Å². The second-order valence-corrected chi connectivity index (χ2v) is 7.23. The van der Waals surface area contributed by atoms with Gasteiger partial charge in [-0.1, -0.05) is 80.3 Å². The molecule has 2 atom stereocenters. The van der Waals surface area contributed by atoms with Gasteiger partial charge in [0, 0.05) is 0 Å². The highest BCUT2D eigenvalue weighted by Crippen LogP contribution is 2.30. The lowest BCUT2D eigenvalue weighted by Gasteiger charge is -2.21. The standard InChI is InChI=1S/C25H26F3N3/c1-3-5-7-10-19(4-2)22-23(20-11-8-6-9-12-20)31-24(30-22)29-17-18-13-15-21(16-14-18)25(26,27)28/h3,5-16,22-23H,1,4,17H2,2H3,(H2,29,30,31)/b7-5-,19-10+/t22-,23?/m1/s1. The molecule has 0 radical (unpaired) electrons. The molecule has 0 aromatic heterocycles. The molecule has 31 heavy (non-hydrogen) atoms. The van der Waals surface area contributed by atoms with E-state index in [0.717, 1.165) is 24.1 Å². The van der Waals surface area contributed by atoms with Crippen molar-refractivity contribution in [1.29, 1.82) is 0 Å². The van der Waals surface area contributed by atoms with Crippen molar-refractivity contribution in [3.05, 3.63) is 108 Å². The zero-order chi connectivity index (χ0) is 22.3. The number of nitrogens with one attached hydrogen (secondary N) is 2. The molecule has 0 spiro atoms. The first kappa shape index (κ1) is 22.4. The summed E-state index contributed by atoms with van der Waals surface area (Å²) in [6.07, 6.45) is 4.18. The number of hydrogen-bond donors (Lipinski definition) is 2. The van der Waals surface area contributed by atoms with E-state index >= 15 is 0 Å². The average molecular weight is 425 g/mol. The Bertz CT molecular complexity index is 958. The maximum Gasteiger partial charge on any atom is 0.416 e.